The van der Waals surface area contributed by atoms with Gasteiger partial charge in [0.1, 0.15) is 11.8 Å². The predicted octanol–water partition coefficient (Wildman–Crippen LogP) is 4.46. The minimum atomic E-state index is 0.165. The van der Waals surface area contributed by atoms with E-state index in [1.54, 1.807) is 13.1 Å². The summed E-state index contributed by atoms with van der Waals surface area (Å²) in [6, 6.07) is 20.0. The van der Waals surface area contributed by atoms with Crippen LogP contribution in [0.4, 0.5) is 5.88 Å². The van der Waals surface area contributed by atoms with Crippen molar-refractivity contribution in [1.29, 1.82) is 5.26 Å². The van der Waals surface area contributed by atoms with Crippen LogP contribution >= 0.6 is 0 Å². The molecule has 1 N–H and O–H groups in total. The lowest BCUT2D eigenvalue weighted by Crippen LogP contribution is -1.93. The maximum Gasteiger partial charge on any atom is 0.252 e. The molecule has 0 atom stereocenters. The molecule has 0 bridgehead atoms. The monoisotopic (exact) mass is 382 g/mol. The van der Waals surface area contributed by atoms with Crippen molar-refractivity contribution in [3.63, 3.8) is 0 Å². The smallest absolute Gasteiger partial charge is 0.252 e. The number of anilines is 1. The zero-order valence-corrected chi connectivity index (χ0v) is 16.0. The van der Waals surface area contributed by atoms with Gasteiger partial charge in [-0.3, -0.25) is 0 Å². The number of rotatable bonds is 5. The largest absolute Gasteiger partial charge is 0.422 e. The van der Waals surface area contributed by atoms with Crippen molar-refractivity contribution >= 4 is 12.1 Å². The Balaban J connectivity index is 1.70. The number of nitrogens with zero attached hydrogens (tertiary/aromatic N) is 5. The molecule has 0 aliphatic carbocycles. The molecule has 0 radical (unpaired) electrons. The maximum atomic E-state index is 9.11. The summed E-state index contributed by atoms with van der Waals surface area (Å²) in [6.45, 7) is 3.72. The molecule has 2 heterocycles. The van der Waals surface area contributed by atoms with Crippen molar-refractivity contribution in [2.45, 2.75) is 13.8 Å². The number of hydrogen-bond donors (Lipinski definition) is 1. The summed E-state index contributed by atoms with van der Waals surface area (Å²) in [4.78, 5) is 3.99. The van der Waals surface area contributed by atoms with Crippen molar-refractivity contribution in [3.8, 4) is 23.0 Å². The third-order valence-electron chi connectivity index (χ3n) is 4.30. The quantitative estimate of drug-likeness (QED) is 0.406. The molecule has 0 unspecified atom stereocenters. The van der Waals surface area contributed by atoms with Gasteiger partial charge in [-0.25, -0.2) is 15.1 Å². The van der Waals surface area contributed by atoms with Gasteiger partial charge >= 0.3 is 0 Å². The number of benzene rings is 2. The van der Waals surface area contributed by atoms with Crippen molar-refractivity contribution < 1.29 is 4.42 Å². The third kappa shape index (κ3) is 3.92. The summed E-state index contributed by atoms with van der Waals surface area (Å²) >= 11 is 0. The summed E-state index contributed by atoms with van der Waals surface area (Å²) in [6.07, 6.45) is 3.56. The highest BCUT2D eigenvalue weighted by molar-refractivity contribution is 5.89. The van der Waals surface area contributed by atoms with Gasteiger partial charge in [0.15, 0.2) is 5.89 Å². The number of aromatic nitrogens is 3. The van der Waals surface area contributed by atoms with E-state index in [9.17, 15) is 0 Å². The van der Waals surface area contributed by atoms with Crippen LogP contribution in [0.3, 0.4) is 0 Å². The lowest BCUT2D eigenvalue weighted by atomic mass is 10.1. The van der Waals surface area contributed by atoms with E-state index in [1.807, 2.05) is 78.5 Å². The standard InChI is InChI=1S/C22H18N6O/c1-15-8-10-17(11-9-15)21-18(14-28(27-21)19-6-4-3-5-7-19)13-24-26-22-20(12-23)25-16(2)29-22/h3-11,13-14,26H,1-2H3/b24-13-. The van der Waals surface area contributed by atoms with E-state index in [0.29, 0.717) is 5.89 Å². The van der Waals surface area contributed by atoms with Crippen LogP contribution in [0.25, 0.3) is 16.9 Å². The van der Waals surface area contributed by atoms with Gasteiger partial charge < -0.3 is 4.42 Å². The van der Waals surface area contributed by atoms with Gasteiger partial charge in [0.2, 0.25) is 5.69 Å². The zero-order chi connectivity index (χ0) is 20.2. The molecule has 29 heavy (non-hydrogen) atoms. The number of hydrazone groups is 1. The predicted molar refractivity (Wildman–Crippen MR) is 111 cm³/mol. The first-order chi connectivity index (χ1) is 14.1. The fourth-order valence-corrected chi connectivity index (χ4v) is 2.87. The van der Waals surface area contributed by atoms with Crippen LogP contribution in [0, 0.1) is 25.2 Å². The summed E-state index contributed by atoms with van der Waals surface area (Å²) in [5.74, 6) is 0.616. The molecule has 2 aromatic heterocycles. The Morgan fingerprint density at radius 2 is 1.86 bits per heavy atom. The number of nitrogens with one attached hydrogen (secondary N) is 1. The molecule has 0 aliphatic heterocycles. The zero-order valence-electron chi connectivity index (χ0n) is 16.0. The molecule has 0 saturated heterocycles. The second-order valence-corrected chi connectivity index (χ2v) is 6.47. The van der Waals surface area contributed by atoms with Crippen LogP contribution in [-0.4, -0.2) is 21.0 Å². The molecular weight excluding hydrogens is 364 g/mol. The van der Waals surface area contributed by atoms with Gasteiger partial charge in [-0.1, -0.05) is 48.0 Å². The first-order valence-corrected chi connectivity index (χ1v) is 9.03. The molecule has 0 aliphatic rings. The van der Waals surface area contributed by atoms with Crippen LogP contribution in [0.5, 0.6) is 0 Å². The van der Waals surface area contributed by atoms with Gasteiger partial charge in [-0.15, -0.1) is 0 Å². The average Bonchev–Trinajstić information content (AvgIpc) is 3.32. The highest BCUT2D eigenvalue weighted by atomic mass is 16.4. The summed E-state index contributed by atoms with van der Waals surface area (Å²) < 4.78 is 7.18. The number of para-hydroxylation sites is 1. The second-order valence-electron chi connectivity index (χ2n) is 6.47. The molecule has 0 saturated carbocycles. The van der Waals surface area contributed by atoms with Gasteiger partial charge in [0.25, 0.3) is 5.88 Å². The van der Waals surface area contributed by atoms with Gasteiger partial charge in [0, 0.05) is 24.2 Å². The Morgan fingerprint density at radius 1 is 1.10 bits per heavy atom. The van der Waals surface area contributed by atoms with Gasteiger partial charge in [-0.05, 0) is 19.1 Å². The first-order valence-electron chi connectivity index (χ1n) is 9.03. The van der Waals surface area contributed by atoms with Crippen LogP contribution in [0.15, 0.2) is 70.3 Å². The highest BCUT2D eigenvalue weighted by Crippen LogP contribution is 2.23. The molecule has 7 nitrogen and oxygen atoms in total. The fraction of sp³-hybridized carbons (Fsp3) is 0.0909. The first kappa shape index (κ1) is 18.2. The second kappa shape index (κ2) is 7.82. The lowest BCUT2D eigenvalue weighted by Gasteiger charge is -2.01. The third-order valence-corrected chi connectivity index (χ3v) is 4.30. The van der Waals surface area contributed by atoms with Crippen molar-refractivity contribution in [1.82, 2.24) is 14.8 Å². The molecule has 0 spiro atoms. The molecule has 142 valence electrons. The normalized spacial score (nSPS) is 10.9. The Hall–Kier alpha value is -4.18. The maximum absolute atomic E-state index is 9.11. The van der Waals surface area contributed by atoms with Crippen LogP contribution in [-0.2, 0) is 0 Å². The molecule has 4 aromatic rings. The molecule has 0 fully saturated rings. The molecule has 7 heteroatoms. The van der Waals surface area contributed by atoms with E-state index in [-0.39, 0.29) is 11.6 Å². The molecular formula is C22H18N6O. The Morgan fingerprint density at radius 3 is 2.59 bits per heavy atom. The van der Waals surface area contributed by atoms with Gasteiger partial charge in [0.05, 0.1) is 11.9 Å². The summed E-state index contributed by atoms with van der Waals surface area (Å²) in [5, 5.41) is 18.1. The summed E-state index contributed by atoms with van der Waals surface area (Å²) in [5.41, 5.74) is 7.65. The van der Waals surface area contributed by atoms with Crippen molar-refractivity contribution in [2.24, 2.45) is 5.10 Å². The SMILES string of the molecule is Cc1ccc(-c2nn(-c3ccccc3)cc2/C=N\Nc2oc(C)nc2C#N)cc1. The molecule has 0 amide bonds. The minimum absolute atomic E-state index is 0.165. The van der Waals surface area contributed by atoms with E-state index >= 15 is 0 Å². The highest BCUT2D eigenvalue weighted by Gasteiger charge is 2.12. The Labute approximate surface area is 167 Å². The van der Waals surface area contributed by atoms with E-state index < -0.39 is 0 Å². The number of nitriles is 1. The molecule has 2 aromatic carbocycles. The lowest BCUT2D eigenvalue weighted by molar-refractivity contribution is 0.533. The number of hydrogen-bond acceptors (Lipinski definition) is 6. The van der Waals surface area contributed by atoms with Crippen molar-refractivity contribution in [3.05, 3.63) is 83.5 Å². The fourth-order valence-electron chi connectivity index (χ4n) is 2.87. The van der Waals surface area contributed by atoms with Crippen LogP contribution in [0.2, 0.25) is 0 Å². The van der Waals surface area contributed by atoms with Crippen LogP contribution in [0.1, 0.15) is 22.7 Å². The van der Waals surface area contributed by atoms with E-state index in [0.717, 1.165) is 22.5 Å². The van der Waals surface area contributed by atoms with E-state index in [1.165, 1.54) is 5.56 Å². The Bertz CT molecular complexity index is 1200. The number of aryl methyl sites for hydroxylation is 2. The number of oxazole rings is 1. The van der Waals surface area contributed by atoms with Crippen LogP contribution < -0.4 is 5.43 Å². The minimum Gasteiger partial charge on any atom is -0.422 e. The Kier molecular flexibility index (Phi) is 4.91. The average molecular weight is 382 g/mol. The van der Waals surface area contributed by atoms with Crippen molar-refractivity contribution in [2.75, 3.05) is 5.43 Å². The van der Waals surface area contributed by atoms with E-state index in [4.69, 9.17) is 14.8 Å². The van der Waals surface area contributed by atoms with E-state index in [2.05, 4.69) is 15.5 Å². The summed E-state index contributed by atoms with van der Waals surface area (Å²) in [7, 11) is 0. The van der Waals surface area contributed by atoms with Gasteiger partial charge in [-0.2, -0.15) is 15.5 Å². The molecule has 4 rings (SSSR count). The topological polar surface area (TPSA) is 92.0 Å².